The van der Waals surface area contributed by atoms with Crippen LogP contribution in [0.3, 0.4) is 0 Å². The number of carbonyl (C=O) groups is 1. The molecule has 0 saturated carbocycles. The first-order chi connectivity index (χ1) is 8.13. The Morgan fingerprint density at radius 3 is 2.88 bits per heavy atom. The van der Waals surface area contributed by atoms with Gasteiger partial charge in [-0.05, 0) is 24.8 Å². The molecule has 1 unspecified atom stereocenters. The molecule has 2 rings (SSSR count). The zero-order valence-electron chi connectivity index (χ0n) is 10.2. The van der Waals surface area contributed by atoms with Gasteiger partial charge in [0, 0.05) is 5.92 Å². The molecule has 0 aliphatic rings. The van der Waals surface area contributed by atoms with Crippen LogP contribution in [0.1, 0.15) is 35.6 Å². The number of rotatable bonds is 4. The molecule has 0 bridgehead atoms. The number of hydrogen-bond donors (Lipinski definition) is 0. The maximum absolute atomic E-state index is 12.2. The molecule has 0 fully saturated rings. The Morgan fingerprint density at radius 1 is 1.53 bits per heavy atom. The SMILES string of the molecule is CCC(C)C(=O)c1sc(-c2cccs2)nc1C. The summed E-state index contributed by atoms with van der Waals surface area (Å²) in [6.07, 6.45) is 0.879. The predicted molar refractivity (Wildman–Crippen MR) is 73.9 cm³/mol. The van der Waals surface area contributed by atoms with Crippen LogP contribution in [0.2, 0.25) is 0 Å². The van der Waals surface area contributed by atoms with E-state index in [1.165, 1.54) is 11.3 Å². The van der Waals surface area contributed by atoms with Crippen LogP contribution in [0.25, 0.3) is 9.88 Å². The van der Waals surface area contributed by atoms with E-state index in [-0.39, 0.29) is 11.7 Å². The van der Waals surface area contributed by atoms with E-state index in [0.717, 1.165) is 26.9 Å². The van der Waals surface area contributed by atoms with Gasteiger partial charge in [0.05, 0.1) is 15.4 Å². The lowest BCUT2D eigenvalue weighted by molar-refractivity contribution is 0.0930. The molecule has 1 atom stereocenters. The van der Waals surface area contributed by atoms with E-state index in [4.69, 9.17) is 0 Å². The summed E-state index contributed by atoms with van der Waals surface area (Å²) in [6.45, 7) is 5.94. The van der Waals surface area contributed by atoms with Gasteiger partial charge in [0.15, 0.2) is 5.78 Å². The van der Waals surface area contributed by atoms with Gasteiger partial charge in [0.1, 0.15) is 5.01 Å². The van der Waals surface area contributed by atoms with Crippen LogP contribution in [0.15, 0.2) is 17.5 Å². The first-order valence-corrected chi connectivity index (χ1v) is 7.38. The molecule has 17 heavy (non-hydrogen) atoms. The molecule has 0 aliphatic heterocycles. The van der Waals surface area contributed by atoms with Crippen molar-refractivity contribution < 1.29 is 4.79 Å². The third kappa shape index (κ3) is 2.48. The van der Waals surface area contributed by atoms with Gasteiger partial charge in [-0.1, -0.05) is 19.9 Å². The molecule has 2 nitrogen and oxygen atoms in total. The largest absolute Gasteiger partial charge is 0.293 e. The number of aryl methyl sites for hydroxylation is 1. The minimum absolute atomic E-state index is 0.0883. The summed E-state index contributed by atoms with van der Waals surface area (Å²) in [4.78, 5) is 18.6. The number of hydrogen-bond acceptors (Lipinski definition) is 4. The highest BCUT2D eigenvalue weighted by atomic mass is 32.1. The number of ketones is 1. The Morgan fingerprint density at radius 2 is 2.29 bits per heavy atom. The fourth-order valence-electron chi connectivity index (χ4n) is 1.54. The maximum atomic E-state index is 12.2. The Balaban J connectivity index is 2.34. The van der Waals surface area contributed by atoms with Crippen LogP contribution in [-0.2, 0) is 0 Å². The fourth-order valence-corrected chi connectivity index (χ4v) is 3.46. The highest BCUT2D eigenvalue weighted by Crippen LogP contribution is 2.32. The topological polar surface area (TPSA) is 30.0 Å². The van der Waals surface area contributed by atoms with E-state index < -0.39 is 0 Å². The molecule has 2 aromatic heterocycles. The van der Waals surface area contributed by atoms with Gasteiger partial charge in [0.25, 0.3) is 0 Å². The molecular weight excluding hydrogens is 250 g/mol. The molecule has 2 aromatic rings. The Kier molecular flexibility index (Phi) is 3.74. The molecule has 0 radical (unpaired) electrons. The second-order valence-corrected chi connectivity index (χ2v) is 6.03. The molecule has 90 valence electrons. The fraction of sp³-hybridized carbons (Fsp3) is 0.385. The van der Waals surface area contributed by atoms with Gasteiger partial charge in [-0.15, -0.1) is 22.7 Å². The number of aromatic nitrogens is 1. The summed E-state index contributed by atoms with van der Waals surface area (Å²) < 4.78 is 0. The zero-order chi connectivity index (χ0) is 12.4. The van der Waals surface area contributed by atoms with Crippen molar-refractivity contribution in [1.82, 2.24) is 4.98 Å². The van der Waals surface area contributed by atoms with Crippen LogP contribution < -0.4 is 0 Å². The van der Waals surface area contributed by atoms with Gasteiger partial charge in [-0.25, -0.2) is 4.98 Å². The summed E-state index contributed by atoms with van der Waals surface area (Å²) in [7, 11) is 0. The molecular formula is C13H15NOS2. The van der Waals surface area contributed by atoms with E-state index in [9.17, 15) is 4.79 Å². The number of thiazole rings is 1. The molecule has 0 aromatic carbocycles. The number of nitrogens with zero attached hydrogens (tertiary/aromatic N) is 1. The normalized spacial score (nSPS) is 12.6. The lowest BCUT2D eigenvalue weighted by Crippen LogP contribution is -2.09. The quantitative estimate of drug-likeness (QED) is 0.766. The summed E-state index contributed by atoms with van der Waals surface area (Å²) in [6, 6.07) is 4.05. The molecule has 0 N–H and O–H groups in total. The van der Waals surface area contributed by atoms with E-state index in [1.807, 2.05) is 38.3 Å². The third-order valence-corrected chi connectivity index (χ3v) is 5.02. The summed E-state index contributed by atoms with van der Waals surface area (Å²) in [5.74, 6) is 0.315. The molecule has 0 aliphatic carbocycles. The Bertz CT molecular complexity index is 514. The monoisotopic (exact) mass is 265 g/mol. The first-order valence-electron chi connectivity index (χ1n) is 5.69. The number of thiophene rings is 1. The lowest BCUT2D eigenvalue weighted by Gasteiger charge is -2.04. The Hall–Kier alpha value is -1.00. The number of Topliss-reactive ketones (excluding diaryl/α,β-unsaturated/α-hetero) is 1. The van der Waals surface area contributed by atoms with Crippen LogP contribution in [0.5, 0.6) is 0 Å². The molecule has 0 spiro atoms. The highest BCUT2D eigenvalue weighted by molar-refractivity contribution is 7.22. The highest BCUT2D eigenvalue weighted by Gasteiger charge is 2.20. The smallest absolute Gasteiger partial charge is 0.177 e. The van der Waals surface area contributed by atoms with Gasteiger partial charge in [-0.3, -0.25) is 4.79 Å². The molecule has 0 saturated heterocycles. The Labute approximate surface area is 109 Å². The number of carbonyl (C=O) groups excluding carboxylic acids is 1. The third-order valence-electron chi connectivity index (χ3n) is 2.81. The second kappa shape index (κ2) is 5.10. The van der Waals surface area contributed by atoms with Crippen LogP contribution in [0, 0.1) is 12.8 Å². The van der Waals surface area contributed by atoms with Crippen molar-refractivity contribution in [2.45, 2.75) is 27.2 Å². The van der Waals surface area contributed by atoms with E-state index in [1.54, 1.807) is 11.3 Å². The van der Waals surface area contributed by atoms with Crippen LogP contribution in [0.4, 0.5) is 0 Å². The minimum Gasteiger partial charge on any atom is -0.293 e. The average Bonchev–Trinajstić information content (AvgIpc) is 2.95. The van der Waals surface area contributed by atoms with Gasteiger partial charge >= 0.3 is 0 Å². The van der Waals surface area contributed by atoms with Crippen molar-refractivity contribution in [3.63, 3.8) is 0 Å². The van der Waals surface area contributed by atoms with Crippen molar-refractivity contribution in [2.24, 2.45) is 5.92 Å². The first kappa shape index (κ1) is 12.5. The molecule has 0 amide bonds. The van der Waals surface area contributed by atoms with Crippen LogP contribution in [-0.4, -0.2) is 10.8 Å². The van der Waals surface area contributed by atoms with Crippen molar-refractivity contribution in [3.05, 3.63) is 28.1 Å². The van der Waals surface area contributed by atoms with Gasteiger partial charge < -0.3 is 0 Å². The molecule has 4 heteroatoms. The standard InChI is InChI=1S/C13H15NOS2/c1-4-8(2)11(15)12-9(3)14-13(17-12)10-6-5-7-16-10/h5-8H,4H2,1-3H3. The van der Waals surface area contributed by atoms with E-state index >= 15 is 0 Å². The van der Waals surface area contributed by atoms with Crippen molar-refractivity contribution in [2.75, 3.05) is 0 Å². The van der Waals surface area contributed by atoms with Crippen LogP contribution >= 0.6 is 22.7 Å². The minimum atomic E-state index is 0.0883. The van der Waals surface area contributed by atoms with Gasteiger partial charge in [0.2, 0.25) is 0 Å². The van der Waals surface area contributed by atoms with Crippen molar-refractivity contribution in [1.29, 1.82) is 0 Å². The summed E-state index contributed by atoms with van der Waals surface area (Å²) in [5.41, 5.74) is 0.865. The predicted octanol–water partition coefficient (Wildman–Crippen LogP) is 4.41. The summed E-state index contributed by atoms with van der Waals surface area (Å²) >= 11 is 3.18. The second-order valence-electron chi connectivity index (χ2n) is 4.08. The summed E-state index contributed by atoms with van der Waals surface area (Å²) in [5, 5.41) is 2.99. The lowest BCUT2D eigenvalue weighted by atomic mass is 10.0. The van der Waals surface area contributed by atoms with E-state index in [0.29, 0.717) is 0 Å². The van der Waals surface area contributed by atoms with E-state index in [2.05, 4.69) is 4.98 Å². The zero-order valence-corrected chi connectivity index (χ0v) is 11.8. The maximum Gasteiger partial charge on any atom is 0.177 e. The van der Waals surface area contributed by atoms with Crippen molar-refractivity contribution >= 4 is 28.5 Å². The van der Waals surface area contributed by atoms with Crippen molar-refractivity contribution in [3.8, 4) is 9.88 Å². The molecule has 2 heterocycles. The average molecular weight is 265 g/mol. The van der Waals surface area contributed by atoms with Gasteiger partial charge in [-0.2, -0.15) is 0 Å².